The second-order valence-corrected chi connectivity index (χ2v) is 8.59. The van der Waals surface area contributed by atoms with Crippen molar-refractivity contribution in [3.8, 4) is 0 Å². The van der Waals surface area contributed by atoms with Gasteiger partial charge in [-0.25, -0.2) is 0 Å². The topological polar surface area (TPSA) is 0 Å². The number of rotatable bonds is 15. The molecule has 0 unspecified atom stereocenters. The van der Waals surface area contributed by atoms with E-state index < -0.39 is 0 Å². The summed E-state index contributed by atoms with van der Waals surface area (Å²) in [4.78, 5) is 0. The molecule has 0 aliphatic heterocycles. The maximum atomic E-state index is 3.82. The molecule has 0 spiro atoms. The van der Waals surface area contributed by atoms with Crippen LogP contribution in [0, 0.1) is 0 Å². The summed E-state index contributed by atoms with van der Waals surface area (Å²) in [7, 11) is 0. The summed E-state index contributed by atoms with van der Waals surface area (Å²) in [5, 5.41) is 0. The summed E-state index contributed by atoms with van der Waals surface area (Å²) < 4.78 is 0. The van der Waals surface area contributed by atoms with E-state index in [0.29, 0.717) is 0 Å². The molecule has 0 atom stereocenters. The molecular formula is C32H42. The molecule has 0 fully saturated rings. The van der Waals surface area contributed by atoms with Crippen molar-refractivity contribution in [2.45, 2.75) is 84.5 Å². The Balaban J connectivity index is 2.19. The van der Waals surface area contributed by atoms with E-state index in [9.17, 15) is 0 Å². The molecule has 0 heteroatoms. The van der Waals surface area contributed by atoms with Gasteiger partial charge in [-0.3, -0.25) is 0 Å². The fourth-order valence-electron chi connectivity index (χ4n) is 3.74. The van der Waals surface area contributed by atoms with Gasteiger partial charge in [-0.1, -0.05) is 124 Å². The fourth-order valence-corrected chi connectivity index (χ4v) is 3.74. The highest BCUT2D eigenvalue weighted by Gasteiger charge is 2.00. The Morgan fingerprint density at radius 1 is 0.625 bits per heavy atom. The van der Waals surface area contributed by atoms with Crippen molar-refractivity contribution >= 4 is 0 Å². The van der Waals surface area contributed by atoms with Crippen LogP contribution in [0.1, 0.15) is 82.8 Å². The number of unbranched alkanes of at least 4 members (excludes halogenated alkanes) is 5. The molecule has 170 valence electrons. The molecular weight excluding hydrogens is 384 g/mol. The van der Waals surface area contributed by atoms with Gasteiger partial charge in [0.05, 0.1) is 0 Å². The first-order valence-corrected chi connectivity index (χ1v) is 12.7. The number of benzene rings is 2. The number of hydrogen-bond acceptors (Lipinski definition) is 0. The molecule has 0 aromatic heterocycles. The van der Waals surface area contributed by atoms with Crippen LogP contribution in [0.2, 0.25) is 0 Å². The summed E-state index contributed by atoms with van der Waals surface area (Å²) in [6.07, 6.45) is 22.3. The van der Waals surface area contributed by atoms with Crippen molar-refractivity contribution in [2.75, 3.05) is 0 Å². The van der Waals surface area contributed by atoms with E-state index in [2.05, 4.69) is 105 Å². The Kier molecular flexibility index (Phi) is 13.7. The second-order valence-electron chi connectivity index (χ2n) is 8.59. The Labute approximate surface area is 197 Å². The molecule has 32 heavy (non-hydrogen) atoms. The molecule has 0 amide bonds. The molecule has 2 rings (SSSR count). The van der Waals surface area contributed by atoms with Crippen molar-refractivity contribution in [1.82, 2.24) is 0 Å². The van der Waals surface area contributed by atoms with Crippen LogP contribution >= 0.6 is 0 Å². The van der Waals surface area contributed by atoms with Crippen LogP contribution in [0.3, 0.4) is 0 Å². The van der Waals surface area contributed by atoms with Crippen LogP contribution in [0.5, 0.6) is 0 Å². The molecule has 0 aliphatic carbocycles. The van der Waals surface area contributed by atoms with E-state index in [1.807, 2.05) is 0 Å². The van der Waals surface area contributed by atoms with Gasteiger partial charge in [0.25, 0.3) is 0 Å². The minimum atomic E-state index is 1.03. The Morgan fingerprint density at radius 2 is 1.16 bits per heavy atom. The van der Waals surface area contributed by atoms with Gasteiger partial charge in [-0.05, 0) is 67.2 Å². The quantitative estimate of drug-likeness (QED) is 0.151. The molecule has 0 aliphatic rings. The average molecular weight is 427 g/mol. The first-order valence-electron chi connectivity index (χ1n) is 12.7. The van der Waals surface area contributed by atoms with Crippen LogP contribution in [-0.2, 0) is 12.8 Å². The van der Waals surface area contributed by atoms with Crippen LogP contribution in [-0.4, -0.2) is 0 Å². The Bertz CT molecular complexity index is 845. The molecule has 0 saturated carbocycles. The van der Waals surface area contributed by atoms with E-state index in [0.717, 1.165) is 32.1 Å². The van der Waals surface area contributed by atoms with Crippen LogP contribution in [0.4, 0.5) is 0 Å². The summed E-state index contributed by atoms with van der Waals surface area (Å²) in [5.41, 5.74) is 9.26. The third kappa shape index (κ3) is 11.7. The standard InChI is InChI=1S/C32H42/c1-3-5-7-8-9-13-23-32(27-25-30-20-16-11-17-21-30)28-31(22-12-6-4-2)26-24-29-18-14-10-15-19-29/h10-23H,3-9,24-27H2,1-2H3/b22-12+,23-13+. The number of hydrogen-bond donors (Lipinski definition) is 0. The van der Waals surface area contributed by atoms with Gasteiger partial charge in [0.1, 0.15) is 0 Å². The minimum Gasteiger partial charge on any atom is -0.114 e. The van der Waals surface area contributed by atoms with Gasteiger partial charge in [-0.15, -0.1) is 5.73 Å². The minimum absolute atomic E-state index is 1.03. The summed E-state index contributed by atoms with van der Waals surface area (Å²) >= 11 is 0. The van der Waals surface area contributed by atoms with Crippen molar-refractivity contribution in [1.29, 1.82) is 0 Å². The van der Waals surface area contributed by atoms with Gasteiger partial charge in [0, 0.05) is 0 Å². The highest BCUT2D eigenvalue weighted by atomic mass is 14.0. The first kappa shape index (κ1) is 25.7. The van der Waals surface area contributed by atoms with Gasteiger partial charge in [0.15, 0.2) is 0 Å². The lowest BCUT2D eigenvalue weighted by molar-refractivity contribution is 0.674. The lowest BCUT2D eigenvalue weighted by Gasteiger charge is -2.05. The van der Waals surface area contributed by atoms with Crippen molar-refractivity contribution < 1.29 is 0 Å². The van der Waals surface area contributed by atoms with Crippen LogP contribution < -0.4 is 0 Å². The maximum Gasteiger partial charge on any atom is -0.00573 e. The van der Waals surface area contributed by atoms with Gasteiger partial charge >= 0.3 is 0 Å². The summed E-state index contributed by atoms with van der Waals surface area (Å²) in [6, 6.07) is 21.6. The van der Waals surface area contributed by atoms with Crippen molar-refractivity contribution in [3.63, 3.8) is 0 Å². The zero-order chi connectivity index (χ0) is 22.7. The molecule has 2 aromatic carbocycles. The zero-order valence-corrected chi connectivity index (χ0v) is 20.4. The molecule has 0 radical (unpaired) electrons. The molecule has 0 N–H and O–H groups in total. The average Bonchev–Trinajstić information content (AvgIpc) is 2.84. The van der Waals surface area contributed by atoms with E-state index in [4.69, 9.17) is 0 Å². The smallest absolute Gasteiger partial charge is 0.00573 e. The number of allylic oxidation sites excluding steroid dienone is 5. The SMILES string of the molecule is CCC/C=C/C(=C=C(/C=C/CCCCCC)CCc1ccccc1)CCc1ccccc1. The van der Waals surface area contributed by atoms with E-state index >= 15 is 0 Å². The van der Waals surface area contributed by atoms with E-state index in [1.165, 1.54) is 60.8 Å². The largest absolute Gasteiger partial charge is 0.114 e. The summed E-state index contributed by atoms with van der Waals surface area (Å²) in [5.74, 6) is 0. The van der Waals surface area contributed by atoms with E-state index in [-0.39, 0.29) is 0 Å². The summed E-state index contributed by atoms with van der Waals surface area (Å²) in [6.45, 7) is 4.51. The van der Waals surface area contributed by atoms with Crippen LogP contribution in [0.15, 0.2) is 102 Å². The number of aryl methyl sites for hydroxylation is 2. The van der Waals surface area contributed by atoms with Crippen molar-refractivity contribution in [3.05, 3.63) is 113 Å². The molecule has 0 saturated heterocycles. The highest BCUT2D eigenvalue weighted by Crippen LogP contribution is 2.16. The third-order valence-corrected chi connectivity index (χ3v) is 5.69. The molecule has 0 nitrogen and oxygen atoms in total. The Hall–Kier alpha value is -2.56. The predicted octanol–water partition coefficient (Wildman–Crippen LogP) is 9.59. The maximum absolute atomic E-state index is 3.82. The second kappa shape index (κ2) is 17.0. The third-order valence-electron chi connectivity index (χ3n) is 5.69. The highest BCUT2D eigenvalue weighted by molar-refractivity contribution is 5.29. The van der Waals surface area contributed by atoms with Crippen LogP contribution in [0.25, 0.3) is 0 Å². The normalized spacial score (nSPS) is 11.2. The lowest BCUT2D eigenvalue weighted by Crippen LogP contribution is -1.89. The zero-order valence-electron chi connectivity index (χ0n) is 20.4. The lowest BCUT2D eigenvalue weighted by atomic mass is 10.0. The van der Waals surface area contributed by atoms with E-state index in [1.54, 1.807) is 0 Å². The fraction of sp³-hybridized carbons (Fsp3) is 0.406. The van der Waals surface area contributed by atoms with Gasteiger partial charge in [-0.2, -0.15) is 0 Å². The van der Waals surface area contributed by atoms with Gasteiger partial charge < -0.3 is 0 Å². The predicted molar refractivity (Wildman–Crippen MR) is 142 cm³/mol. The van der Waals surface area contributed by atoms with Gasteiger partial charge in [0.2, 0.25) is 0 Å². The first-order chi connectivity index (χ1) is 15.8. The Morgan fingerprint density at radius 3 is 1.66 bits per heavy atom. The molecule has 0 heterocycles. The monoisotopic (exact) mass is 426 g/mol. The molecule has 0 bridgehead atoms. The molecule has 2 aromatic rings. The van der Waals surface area contributed by atoms with Crippen molar-refractivity contribution in [2.24, 2.45) is 0 Å².